The van der Waals surface area contributed by atoms with E-state index < -0.39 is 0 Å². The van der Waals surface area contributed by atoms with Gasteiger partial charge in [0.1, 0.15) is 0 Å². The van der Waals surface area contributed by atoms with Gasteiger partial charge in [-0.1, -0.05) is 22.0 Å². The van der Waals surface area contributed by atoms with E-state index in [1.807, 2.05) is 30.0 Å². The molecule has 0 radical (unpaired) electrons. The Balaban J connectivity index is 2.25. The lowest BCUT2D eigenvalue weighted by Crippen LogP contribution is -2.56. The summed E-state index contributed by atoms with van der Waals surface area (Å²) in [7, 11) is 2.06. The van der Waals surface area contributed by atoms with E-state index in [4.69, 9.17) is 5.73 Å². The maximum atomic E-state index is 12.7. The van der Waals surface area contributed by atoms with Gasteiger partial charge < -0.3 is 15.5 Å². The maximum Gasteiger partial charge on any atom is 0.254 e. The number of piperazine rings is 1. The molecule has 0 aliphatic carbocycles. The van der Waals surface area contributed by atoms with Gasteiger partial charge in [0.05, 0.1) is 6.04 Å². The fourth-order valence-corrected chi connectivity index (χ4v) is 2.84. The minimum Gasteiger partial charge on any atom is -0.332 e. The highest BCUT2D eigenvalue weighted by atomic mass is 79.9. The summed E-state index contributed by atoms with van der Waals surface area (Å²) in [5, 5.41) is 0. The molecule has 1 amide bonds. The van der Waals surface area contributed by atoms with Crippen LogP contribution in [-0.2, 0) is 0 Å². The van der Waals surface area contributed by atoms with Crippen LogP contribution < -0.4 is 5.73 Å². The molecule has 2 N–H and O–H groups in total. The van der Waals surface area contributed by atoms with Crippen molar-refractivity contribution in [2.24, 2.45) is 5.73 Å². The number of carbonyl (C=O) groups is 1. The third-order valence-electron chi connectivity index (χ3n) is 3.72. The van der Waals surface area contributed by atoms with Crippen molar-refractivity contribution in [1.29, 1.82) is 0 Å². The molecule has 1 atom stereocenters. The van der Waals surface area contributed by atoms with Crippen molar-refractivity contribution < 1.29 is 4.79 Å². The molecule has 1 saturated heterocycles. The highest BCUT2D eigenvalue weighted by Crippen LogP contribution is 2.22. The van der Waals surface area contributed by atoms with E-state index in [-0.39, 0.29) is 11.9 Å². The van der Waals surface area contributed by atoms with Gasteiger partial charge in [-0.25, -0.2) is 0 Å². The molecule has 1 aromatic carbocycles. The Morgan fingerprint density at radius 3 is 2.89 bits per heavy atom. The zero-order valence-electron chi connectivity index (χ0n) is 11.4. The minimum absolute atomic E-state index is 0.0855. The second-order valence-electron chi connectivity index (χ2n) is 5.06. The van der Waals surface area contributed by atoms with Gasteiger partial charge in [-0.15, -0.1) is 0 Å². The maximum absolute atomic E-state index is 12.7. The van der Waals surface area contributed by atoms with E-state index >= 15 is 0 Å². The molecule has 1 aromatic rings. The molecule has 0 aromatic heterocycles. The average molecular weight is 326 g/mol. The first kappa shape index (κ1) is 14.5. The van der Waals surface area contributed by atoms with Crippen molar-refractivity contribution in [2.45, 2.75) is 13.0 Å². The first-order valence-corrected chi connectivity index (χ1v) is 7.28. The summed E-state index contributed by atoms with van der Waals surface area (Å²) >= 11 is 3.48. The smallest absolute Gasteiger partial charge is 0.254 e. The molecule has 0 bridgehead atoms. The number of hydrogen-bond donors (Lipinski definition) is 1. The van der Waals surface area contributed by atoms with Crippen molar-refractivity contribution >= 4 is 21.8 Å². The summed E-state index contributed by atoms with van der Waals surface area (Å²) in [4.78, 5) is 16.8. The van der Waals surface area contributed by atoms with E-state index in [0.29, 0.717) is 6.54 Å². The quantitative estimate of drug-likeness (QED) is 0.895. The number of rotatable bonds is 2. The zero-order chi connectivity index (χ0) is 14.0. The third kappa shape index (κ3) is 2.99. The first-order chi connectivity index (χ1) is 9.04. The Labute approximate surface area is 122 Å². The number of halogens is 1. The molecule has 4 nitrogen and oxygen atoms in total. The zero-order valence-corrected chi connectivity index (χ0v) is 13.0. The average Bonchev–Trinajstić information content (AvgIpc) is 2.41. The van der Waals surface area contributed by atoms with Gasteiger partial charge >= 0.3 is 0 Å². The fourth-order valence-electron chi connectivity index (χ4n) is 2.47. The highest BCUT2D eigenvalue weighted by Gasteiger charge is 2.29. The lowest BCUT2D eigenvalue weighted by atomic mass is 10.1. The summed E-state index contributed by atoms with van der Waals surface area (Å²) in [5.41, 5.74) is 7.56. The molecule has 5 heteroatoms. The van der Waals surface area contributed by atoms with Crippen LogP contribution >= 0.6 is 15.9 Å². The normalized spacial score (nSPS) is 20.6. The molecule has 0 spiro atoms. The second-order valence-corrected chi connectivity index (χ2v) is 5.92. The van der Waals surface area contributed by atoms with E-state index in [1.165, 1.54) is 0 Å². The van der Waals surface area contributed by atoms with Gasteiger partial charge in [-0.2, -0.15) is 0 Å². The van der Waals surface area contributed by atoms with Crippen LogP contribution in [0.5, 0.6) is 0 Å². The summed E-state index contributed by atoms with van der Waals surface area (Å²) in [5.74, 6) is 0.0855. The number of benzene rings is 1. The van der Waals surface area contributed by atoms with Crippen molar-refractivity contribution in [2.75, 3.05) is 33.2 Å². The minimum atomic E-state index is 0.0855. The molecule has 104 valence electrons. The van der Waals surface area contributed by atoms with Crippen LogP contribution in [-0.4, -0.2) is 55.0 Å². The van der Waals surface area contributed by atoms with E-state index in [0.717, 1.165) is 35.2 Å². The SMILES string of the molecule is Cc1c(Br)cccc1C(=O)N1CCN(C)CC1CN. The number of carbonyl (C=O) groups excluding carboxylic acids is 1. The van der Waals surface area contributed by atoms with E-state index in [1.54, 1.807) is 0 Å². The van der Waals surface area contributed by atoms with Crippen LogP contribution in [0, 0.1) is 6.92 Å². The Bertz CT molecular complexity index is 478. The van der Waals surface area contributed by atoms with Gasteiger partial charge in [-0.3, -0.25) is 4.79 Å². The molecule has 19 heavy (non-hydrogen) atoms. The van der Waals surface area contributed by atoms with Crippen LogP contribution in [0.15, 0.2) is 22.7 Å². The predicted molar refractivity (Wildman–Crippen MR) is 80.3 cm³/mol. The van der Waals surface area contributed by atoms with Gasteiger partial charge in [0.25, 0.3) is 5.91 Å². The molecule has 1 aliphatic rings. The van der Waals surface area contributed by atoms with E-state index in [2.05, 4.69) is 27.9 Å². The first-order valence-electron chi connectivity index (χ1n) is 6.49. The van der Waals surface area contributed by atoms with Gasteiger partial charge in [0.15, 0.2) is 0 Å². The summed E-state index contributed by atoms with van der Waals surface area (Å²) in [6.45, 7) is 4.95. The van der Waals surface area contributed by atoms with Crippen LogP contribution in [0.2, 0.25) is 0 Å². The highest BCUT2D eigenvalue weighted by molar-refractivity contribution is 9.10. The number of hydrogen-bond acceptors (Lipinski definition) is 3. The monoisotopic (exact) mass is 325 g/mol. The topological polar surface area (TPSA) is 49.6 Å². The lowest BCUT2D eigenvalue weighted by molar-refractivity contribution is 0.0515. The Hall–Kier alpha value is -0.910. The number of nitrogens with two attached hydrogens (primary N) is 1. The van der Waals surface area contributed by atoms with Crippen molar-refractivity contribution in [3.8, 4) is 0 Å². The molecule has 1 aliphatic heterocycles. The van der Waals surface area contributed by atoms with E-state index in [9.17, 15) is 4.79 Å². The Morgan fingerprint density at radius 1 is 1.47 bits per heavy atom. The summed E-state index contributed by atoms with van der Waals surface area (Å²) in [6.07, 6.45) is 0. The second kappa shape index (κ2) is 6.03. The lowest BCUT2D eigenvalue weighted by Gasteiger charge is -2.39. The summed E-state index contributed by atoms with van der Waals surface area (Å²) < 4.78 is 0.969. The van der Waals surface area contributed by atoms with Gasteiger partial charge in [0, 0.05) is 36.2 Å². The number of likely N-dealkylation sites (N-methyl/N-ethyl adjacent to an activating group) is 1. The van der Waals surface area contributed by atoms with Gasteiger partial charge in [-0.05, 0) is 31.7 Å². The summed E-state index contributed by atoms with van der Waals surface area (Å²) in [6, 6.07) is 5.84. The van der Waals surface area contributed by atoms with Crippen molar-refractivity contribution in [1.82, 2.24) is 9.80 Å². The van der Waals surface area contributed by atoms with Crippen molar-refractivity contribution in [3.05, 3.63) is 33.8 Å². The number of nitrogens with zero attached hydrogens (tertiary/aromatic N) is 2. The molecular formula is C14H20BrN3O. The predicted octanol–water partition coefficient (Wildman–Crippen LogP) is 1.47. The van der Waals surface area contributed by atoms with Gasteiger partial charge in [0.2, 0.25) is 0 Å². The number of amides is 1. The molecule has 1 unspecified atom stereocenters. The van der Waals surface area contributed by atoms with Crippen LogP contribution in [0.1, 0.15) is 15.9 Å². The Morgan fingerprint density at radius 2 is 2.21 bits per heavy atom. The van der Waals surface area contributed by atoms with Crippen LogP contribution in [0.25, 0.3) is 0 Å². The molecular weight excluding hydrogens is 306 g/mol. The van der Waals surface area contributed by atoms with Crippen LogP contribution in [0.4, 0.5) is 0 Å². The van der Waals surface area contributed by atoms with Crippen LogP contribution in [0.3, 0.4) is 0 Å². The molecule has 2 rings (SSSR count). The largest absolute Gasteiger partial charge is 0.332 e. The third-order valence-corrected chi connectivity index (χ3v) is 4.58. The standard InChI is InChI=1S/C14H20BrN3O/c1-10-12(4-3-5-13(10)15)14(19)18-7-6-17(2)9-11(18)8-16/h3-5,11H,6-9,16H2,1-2H3. The van der Waals surface area contributed by atoms with Crippen molar-refractivity contribution in [3.63, 3.8) is 0 Å². The fraction of sp³-hybridized carbons (Fsp3) is 0.500. The molecule has 1 heterocycles. The molecule has 0 saturated carbocycles. The Kier molecular flexibility index (Phi) is 4.60. The molecule has 1 fully saturated rings.